The third-order valence-corrected chi connectivity index (χ3v) is 5.38. The summed E-state index contributed by atoms with van der Waals surface area (Å²) in [4.78, 5) is 41.0. The fourth-order valence-corrected chi connectivity index (χ4v) is 4.10. The van der Waals surface area contributed by atoms with E-state index in [1.54, 1.807) is 9.80 Å². The average Bonchev–Trinajstić information content (AvgIpc) is 3.08. The van der Waals surface area contributed by atoms with Crippen molar-refractivity contribution in [1.29, 1.82) is 0 Å². The molecule has 0 radical (unpaired) electrons. The van der Waals surface area contributed by atoms with Gasteiger partial charge in [-0.3, -0.25) is 9.59 Å². The number of nitrogens with one attached hydrogen (secondary N) is 1. The maximum Gasteiger partial charge on any atom is 0.317 e. The molecule has 0 spiro atoms. The summed E-state index contributed by atoms with van der Waals surface area (Å²) in [5.41, 5.74) is 0.921. The van der Waals surface area contributed by atoms with Crippen molar-refractivity contribution in [2.45, 2.75) is 38.3 Å². The lowest BCUT2D eigenvalue weighted by Crippen LogP contribution is -2.57. The van der Waals surface area contributed by atoms with Crippen LogP contribution >= 0.6 is 0 Å². The van der Waals surface area contributed by atoms with E-state index in [-0.39, 0.29) is 36.5 Å². The van der Waals surface area contributed by atoms with E-state index in [9.17, 15) is 14.4 Å². The quantitative estimate of drug-likeness (QED) is 0.632. The van der Waals surface area contributed by atoms with Gasteiger partial charge in [-0.15, -0.1) is 0 Å². The molecule has 0 aliphatic carbocycles. The van der Waals surface area contributed by atoms with Crippen LogP contribution in [0.1, 0.15) is 37.8 Å². The van der Waals surface area contributed by atoms with E-state index < -0.39 is 5.92 Å². The molecular formula is C20H27N3O4. The lowest BCUT2D eigenvalue weighted by molar-refractivity contribution is -0.147. The molecule has 0 bridgehead atoms. The molecule has 2 aliphatic rings. The summed E-state index contributed by atoms with van der Waals surface area (Å²) in [5, 5.41) is 2.87. The molecule has 3 atom stereocenters. The third-order valence-electron chi connectivity index (χ3n) is 5.38. The fourth-order valence-electron chi connectivity index (χ4n) is 4.10. The highest BCUT2D eigenvalue weighted by molar-refractivity contribution is 5.87. The number of hydrogen-bond acceptors (Lipinski definition) is 4. The minimum atomic E-state index is -0.422. The average molecular weight is 373 g/mol. The number of benzene rings is 1. The highest BCUT2D eigenvalue weighted by Gasteiger charge is 2.51. The number of urea groups is 1. The molecule has 3 amide bonds. The molecule has 7 nitrogen and oxygen atoms in total. The van der Waals surface area contributed by atoms with E-state index in [0.717, 1.165) is 18.4 Å². The molecular weight excluding hydrogens is 346 g/mol. The van der Waals surface area contributed by atoms with Gasteiger partial charge in [0.1, 0.15) is 6.54 Å². The number of carbonyl (C=O) groups is 3. The van der Waals surface area contributed by atoms with Crippen molar-refractivity contribution >= 4 is 17.9 Å². The van der Waals surface area contributed by atoms with Gasteiger partial charge >= 0.3 is 12.0 Å². The van der Waals surface area contributed by atoms with Crippen molar-refractivity contribution in [1.82, 2.24) is 15.1 Å². The molecule has 27 heavy (non-hydrogen) atoms. The number of piperazine rings is 1. The number of ether oxygens (including phenoxy) is 1. The van der Waals surface area contributed by atoms with Crippen molar-refractivity contribution in [3.8, 4) is 0 Å². The maximum absolute atomic E-state index is 12.9. The molecule has 2 heterocycles. The van der Waals surface area contributed by atoms with Crippen LogP contribution in [0.25, 0.3) is 0 Å². The minimum absolute atomic E-state index is 0.0334. The van der Waals surface area contributed by atoms with Crippen LogP contribution in [0.3, 0.4) is 0 Å². The van der Waals surface area contributed by atoms with Gasteiger partial charge in [0.05, 0.1) is 25.1 Å². The van der Waals surface area contributed by atoms with Crippen LogP contribution < -0.4 is 5.32 Å². The van der Waals surface area contributed by atoms with Gasteiger partial charge in [-0.25, -0.2) is 4.79 Å². The van der Waals surface area contributed by atoms with Crippen molar-refractivity contribution in [3.63, 3.8) is 0 Å². The topological polar surface area (TPSA) is 79.0 Å². The number of amides is 3. The Labute approximate surface area is 159 Å². The minimum Gasteiger partial charge on any atom is -0.469 e. The Balaban J connectivity index is 1.80. The summed E-state index contributed by atoms with van der Waals surface area (Å²) in [6.45, 7) is 3.13. The second-order valence-electron chi connectivity index (χ2n) is 7.14. The lowest BCUT2D eigenvalue weighted by Gasteiger charge is -2.40. The van der Waals surface area contributed by atoms with Gasteiger partial charge in [0, 0.05) is 13.1 Å². The number of carbonyl (C=O) groups excluding carboxylic acids is 3. The van der Waals surface area contributed by atoms with E-state index in [4.69, 9.17) is 4.74 Å². The van der Waals surface area contributed by atoms with Gasteiger partial charge < -0.3 is 19.9 Å². The molecule has 0 saturated carbocycles. The molecule has 146 valence electrons. The van der Waals surface area contributed by atoms with E-state index in [1.807, 2.05) is 30.3 Å². The summed E-state index contributed by atoms with van der Waals surface area (Å²) in [7, 11) is 1.37. The Morgan fingerprint density at radius 1 is 1.26 bits per heavy atom. The number of rotatable bonds is 5. The first-order valence-corrected chi connectivity index (χ1v) is 9.53. The summed E-state index contributed by atoms with van der Waals surface area (Å²) in [6, 6.07) is 8.83. The van der Waals surface area contributed by atoms with Gasteiger partial charge in [0.15, 0.2) is 0 Å². The van der Waals surface area contributed by atoms with Gasteiger partial charge in [-0.05, 0) is 18.4 Å². The first-order valence-electron chi connectivity index (χ1n) is 9.53. The van der Waals surface area contributed by atoms with Crippen LogP contribution in [0, 0.1) is 5.92 Å². The Hall–Kier alpha value is -2.57. The molecule has 2 aliphatic heterocycles. The maximum atomic E-state index is 12.9. The van der Waals surface area contributed by atoms with Crippen molar-refractivity contribution < 1.29 is 19.1 Å². The second kappa shape index (κ2) is 8.41. The first kappa shape index (κ1) is 19.2. The van der Waals surface area contributed by atoms with Crippen LogP contribution in [0.15, 0.2) is 30.3 Å². The van der Waals surface area contributed by atoms with Gasteiger partial charge in [0.25, 0.3) is 0 Å². The molecule has 2 saturated heterocycles. The molecule has 2 fully saturated rings. The third kappa shape index (κ3) is 3.91. The SMILES string of the molecule is CCCCNC(=O)N1CC(=O)N2[C@@H](C[C@H](C(=O)OC)[C@@H]2c2ccccc2)C1. The smallest absolute Gasteiger partial charge is 0.317 e. The lowest BCUT2D eigenvalue weighted by atomic mass is 9.93. The Morgan fingerprint density at radius 3 is 2.67 bits per heavy atom. The zero-order valence-corrected chi connectivity index (χ0v) is 15.9. The monoisotopic (exact) mass is 373 g/mol. The molecule has 7 heteroatoms. The zero-order chi connectivity index (χ0) is 19.4. The molecule has 1 aromatic rings. The van der Waals surface area contributed by atoms with Gasteiger partial charge in [0.2, 0.25) is 5.91 Å². The van der Waals surface area contributed by atoms with Crippen LogP contribution in [0.4, 0.5) is 4.79 Å². The largest absolute Gasteiger partial charge is 0.469 e. The number of methoxy groups -OCH3 is 1. The first-order chi connectivity index (χ1) is 13.1. The number of unbranched alkanes of at least 4 members (excludes halogenated alkanes) is 1. The van der Waals surface area contributed by atoms with Gasteiger partial charge in [-0.1, -0.05) is 43.7 Å². The van der Waals surface area contributed by atoms with Crippen molar-refractivity contribution in [2.75, 3.05) is 26.7 Å². The highest BCUT2D eigenvalue weighted by Crippen LogP contribution is 2.43. The fraction of sp³-hybridized carbons (Fsp3) is 0.550. The Bertz CT molecular complexity index is 694. The van der Waals surface area contributed by atoms with E-state index >= 15 is 0 Å². The van der Waals surface area contributed by atoms with E-state index in [1.165, 1.54) is 7.11 Å². The van der Waals surface area contributed by atoms with E-state index in [2.05, 4.69) is 12.2 Å². The normalized spacial score (nSPS) is 24.5. The van der Waals surface area contributed by atoms with Crippen LogP contribution in [-0.4, -0.2) is 60.5 Å². The highest BCUT2D eigenvalue weighted by atomic mass is 16.5. The van der Waals surface area contributed by atoms with Crippen LogP contribution in [-0.2, 0) is 14.3 Å². The number of esters is 1. The Morgan fingerprint density at radius 2 is 2.00 bits per heavy atom. The summed E-state index contributed by atoms with van der Waals surface area (Å²) >= 11 is 0. The zero-order valence-electron chi connectivity index (χ0n) is 15.9. The summed E-state index contributed by atoms with van der Waals surface area (Å²) in [5.74, 6) is -0.864. The molecule has 0 aromatic heterocycles. The van der Waals surface area contributed by atoms with Crippen LogP contribution in [0.5, 0.6) is 0 Å². The van der Waals surface area contributed by atoms with Crippen LogP contribution in [0.2, 0.25) is 0 Å². The molecule has 3 rings (SSSR count). The van der Waals surface area contributed by atoms with Crippen molar-refractivity contribution in [2.24, 2.45) is 5.92 Å². The molecule has 1 N–H and O–H groups in total. The predicted octanol–water partition coefficient (Wildman–Crippen LogP) is 1.94. The Kier molecular flexibility index (Phi) is 5.98. The number of fused-ring (bicyclic) bond motifs is 1. The summed E-state index contributed by atoms with van der Waals surface area (Å²) < 4.78 is 5.00. The predicted molar refractivity (Wildman–Crippen MR) is 99.8 cm³/mol. The molecule has 1 aromatic carbocycles. The van der Waals surface area contributed by atoms with Gasteiger partial charge in [-0.2, -0.15) is 0 Å². The van der Waals surface area contributed by atoms with E-state index in [0.29, 0.717) is 19.5 Å². The van der Waals surface area contributed by atoms with Crippen molar-refractivity contribution in [3.05, 3.63) is 35.9 Å². The number of hydrogen-bond donors (Lipinski definition) is 1. The standard InChI is InChI=1S/C20H27N3O4/c1-3-4-10-21-20(26)22-12-15-11-16(19(25)27-2)18(23(15)17(24)13-22)14-8-6-5-7-9-14/h5-9,15-16,18H,3-4,10-13H2,1-2H3,(H,21,26)/t15-,16-,18-/m0/s1. The second-order valence-corrected chi connectivity index (χ2v) is 7.14. The summed E-state index contributed by atoms with van der Waals surface area (Å²) in [6.07, 6.45) is 2.40. The number of nitrogens with zero attached hydrogens (tertiary/aromatic N) is 2. The molecule has 0 unspecified atom stereocenters.